The largest absolute Gasteiger partial charge is 0.495 e. The third-order valence-electron chi connectivity index (χ3n) is 4.14. The second kappa shape index (κ2) is 9.51. The number of benzene rings is 2. The SMILES string of the molecule is COc1cncc(Oc2ccc(NS(=O)(=O)c3cc(OC)c(Cl)cc3Cl)cc2C(N)=O)c1. The highest BCUT2D eigenvalue weighted by atomic mass is 35.5. The van der Waals surface area contributed by atoms with Crippen LogP contribution in [0, 0.1) is 0 Å². The number of nitrogens with zero attached hydrogens (tertiary/aromatic N) is 1. The number of methoxy groups -OCH3 is 2. The molecule has 0 unspecified atom stereocenters. The smallest absolute Gasteiger partial charge is 0.263 e. The first-order valence-corrected chi connectivity index (χ1v) is 11.0. The predicted molar refractivity (Wildman–Crippen MR) is 120 cm³/mol. The van der Waals surface area contributed by atoms with Crippen molar-refractivity contribution in [1.29, 1.82) is 0 Å². The summed E-state index contributed by atoms with van der Waals surface area (Å²) in [4.78, 5) is 15.7. The van der Waals surface area contributed by atoms with Crippen molar-refractivity contribution in [2.75, 3.05) is 18.9 Å². The molecule has 0 aliphatic rings. The summed E-state index contributed by atoms with van der Waals surface area (Å²) in [7, 11) is -1.34. The summed E-state index contributed by atoms with van der Waals surface area (Å²) in [5.41, 5.74) is 5.45. The number of rotatable bonds is 8. The molecule has 168 valence electrons. The van der Waals surface area contributed by atoms with Crippen molar-refractivity contribution in [3.8, 4) is 23.0 Å². The number of nitrogens with one attached hydrogen (secondary N) is 1. The Morgan fingerprint density at radius 2 is 1.69 bits per heavy atom. The van der Waals surface area contributed by atoms with Gasteiger partial charge in [-0.25, -0.2) is 8.42 Å². The molecule has 0 aliphatic heterocycles. The Kier molecular flexibility index (Phi) is 6.97. The van der Waals surface area contributed by atoms with Crippen LogP contribution in [-0.2, 0) is 10.0 Å². The van der Waals surface area contributed by atoms with Gasteiger partial charge in [0.2, 0.25) is 0 Å². The van der Waals surface area contributed by atoms with Crippen molar-refractivity contribution in [3.63, 3.8) is 0 Å². The van der Waals surface area contributed by atoms with E-state index in [1.54, 1.807) is 6.07 Å². The topological polar surface area (TPSA) is 130 Å². The number of ether oxygens (including phenoxy) is 3. The van der Waals surface area contributed by atoms with E-state index in [9.17, 15) is 13.2 Å². The van der Waals surface area contributed by atoms with Crippen molar-refractivity contribution >= 4 is 44.8 Å². The summed E-state index contributed by atoms with van der Waals surface area (Å²) in [6.45, 7) is 0. The molecule has 1 amide bonds. The van der Waals surface area contributed by atoms with Crippen molar-refractivity contribution in [2.24, 2.45) is 5.73 Å². The monoisotopic (exact) mass is 497 g/mol. The zero-order valence-electron chi connectivity index (χ0n) is 16.8. The van der Waals surface area contributed by atoms with Crippen molar-refractivity contribution in [2.45, 2.75) is 4.90 Å². The summed E-state index contributed by atoms with van der Waals surface area (Å²) >= 11 is 12.0. The van der Waals surface area contributed by atoms with E-state index >= 15 is 0 Å². The summed E-state index contributed by atoms with van der Waals surface area (Å²) in [6, 6.07) is 8.03. The van der Waals surface area contributed by atoms with E-state index in [1.807, 2.05) is 0 Å². The van der Waals surface area contributed by atoms with Crippen LogP contribution in [0.5, 0.6) is 23.0 Å². The van der Waals surface area contributed by atoms with Gasteiger partial charge in [-0.15, -0.1) is 0 Å². The Hall–Kier alpha value is -3.21. The fourth-order valence-electron chi connectivity index (χ4n) is 2.65. The van der Waals surface area contributed by atoms with Crippen LogP contribution in [0.2, 0.25) is 10.0 Å². The van der Waals surface area contributed by atoms with Gasteiger partial charge in [0.05, 0.1) is 42.2 Å². The number of carbonyl (C=O) groups is 1. The van der Waals surface area contributed by atoms with Crippen LogP contribution in [0.15, 0.2) is 53.7 Å². The third kappa shape index (κ3) is 5.16. The molecule has 0 saturated carbocycles. The maximum atomic E-state index is 12.9. The van der Waals surface area contributed by atoms with Crippen LogP contribution < -0.4 is 24.7 Å². The maximum absolute atomic E-state index is 12.9. The zero-order chi connectivity index (χ0) is 23.5. The van der Waals surface area contributed by atoms with Crippen LogP contribution in [-0.4, -0.2) is 33.5 Å². The lowest BCUT2D eigenvalue weighted by Gasteiger charge is -2.14. The molecule has 2 aromatic carbocycles. The first-order valence-electron chi connectivity index (χ1n) is 8.81. The van der Waals surface area contributed by atoms with Crippen molar-refractivity contribution in [1.82, 2.24) is 4.98 Å². The lowest BCUT2D eigenvalue weighted by Crippen LogP contribution is -2.16. The molecule has 0 fully saturated rings. The van der Waals surface area contributed by atoms with E-state index in [-0.39, 0.29) is 37.7 Å². The molecule has 1 heterocycles. The second-order valence-corrected chi connectivity index (χ2v) is 8.73. The third-order valence-corrected chi connectivity index (χ3v) is 6.29. The number of nitrogens with two attached hydrogens (primary N) is 1. The number of aromatic nitrogens is 1. The molecule has 3 aromatic rings. The quantitative estimate of drug-likeness (QED) is 0.478. The zero-order valence-corrected chi connectivity index (χ0v) is 19.1. The predicted octanol–water partition coefficient (Wildman–Crippen LogP) is 4.10. The molecular weight excluding hydrogens is 481 g/mol. The first kappa shape index (κ1) is 23.5. The molecule has 12 heteroatoms. The highest BCUT2D eigenvalue weighted by molar-refractivity contribution is 7.92. The number of amides is 1. The van der Waals surface area contributed by atoms with Gasteiger partial charge in [0, 0.05) is 17.8 Å². The van der Waals surface area contributed by atoms with Gasteiger partial charge in [0.25, 0.3) is 15.9 Å². The van der Waals surface area contributed by atoms with Gasteiger partial charge in [-0.3, -0.25) is 14.5 Å². The van der Waals surface area contributed by atoms with Crippen LogP contribution in [0.3, 0.4) is 0 Å². The molecule has 0 spiro atoms. The molecule has 1 aromatic heterocycles. The maximum Gasteiger partial charge on any atom is 0.263 e. The number of hydrogen-bond donors (Lipinski definition) is 2. The van der Waals surface area contributed by atoms with Crippen LogP contribution in [0.25, 0.3) is 0 Å². The molecular formula is C20H17Cl2N3O6S. The Morgan fingerprint density at radius 3 is 2.34 bits per heavy atom. The fraction of sp³-hybridized carbons (Fsp3) is 0.100. The number of carbonyl (C=O) groups excluding carboxylic acids is 1. The van der Waals surface area contributed by atoms with Gasteiger partial charge in [0.1, 0.15) is 27.9 Å². The Balaban J connectivity index is 1.94. The van der Waals surface area contributed by atoms with Crippen molar-refractivity contribution < 1.29 is 27.4 Å². The molecule has 3 rings (SSSR count). The second-order valence-electron chi connectivity index (χ2n) is 6.26. The van der Waals surface area contributed by atoms with Gasteiger partial charge in [0.15, 0.2) is 0 Å². The lowest BCUT2D eigenvalue weighted by atomic mass is 10.1. The van der Waals surface area contributed by atoms with E-state index in [0.717, 1.165) is 0 Å². The van der Waals surface area contributed by atoms with E-state index < -0.39 is 15.9 Å². The minimum atomic E-state index is -4.16. The molecule has 0 aliphatic carbocycles. The minimum Gasteiger partial charge on any atom is -0.495 e. The molecule has 0 radical (unpaired) electrons. The molecule has 3 N–H and O–H groups in total. The van der Waals surface area contributed by atoms with Crippen LogP contribution in [0.4, 0.5) is 5.69 Å². The van der Waals surface area contributed by atoms with Gasteiger partial charge in [-0.2, -0.15) is 0 Å². The number of sulfonamides is 1. The highest BCUT2D eigenvalue weighted by Gasteiger charge is 2.22. The van der Waals surface area contributed by atoms with Crippen LogP contribution >= 0.6 is 23.2 Å². The Labute approximate surface area is 194 Å². The number of halogens is 2. The minimum absolute atomic E-state index is 0.0555. The van der Waals surface area contributed by atoms with Gasteiger partial charge < -0.3 is 19.9 Å². The van der Waals surface area contributed by atoms with E-state index in [4.69, 9.17) is 43.1 Å². The average molecular weight is 498 g/mol. The van der Waals surface area contributed by atoms with E-state index in [0.29, 0.717) is 11.5 Å². The highest BCUT2D eigenvalue weighted by Crippen LogP contribution is 2.35. The standard InChI is InChI=1S/C20H17Cl2N3O6S/c1-29-12-6-13(10-24-9-12)31-17-4-3-11(5-14(17)20(23)26)25-32(27,28)19-8-18(30-2)15(21)7-16(19)22/h3-10,25H,1-2H3,(H2,23,26). The number of hydrogen-bond acceptors (Lipinski definition) is 7. The Bertz CT molecular complexity index is 1280. The van der Waals surface area contributed by atoms with Gasteiger partial charge >= 0.3 is 0 Å². The first-order chi connectivity index (χ1) is 15.1. The van der Waals surface area contributed by atoms with Crippen LogP contribution in [0.1, 0.15) is 10.4 Å². The normalized spacial score (nSPS) is 11.0. The summed E-state index contributed by atoms with van der Waals surface area (Å²) in [6.07, 6.45) is 2.90. The molecule has 9 nitrogen and oxygen atoms in total. The van der Waals surface area contributed by atoms with E-state index in [1.165, 1.54) is 56.9 Å². The van der Waals surface area contributed by atoms with Crippen molar-refractivity contribution in [3.05, 3.63) is 64.4 Å². The summed E-state index contributed by atoms with van der Waals surface area (Å²) < 4.78 is 43.9. The lowest BCUT2D eigenvalue weighted by molar-refractivity contribution is 0.0998. The summed E-state index contributed by atoms with van der Waals surface area (Å²) in [5.74, 6) is 0.137. The molecule has 32 heavy (non-hydrogen) atoms. The molecule has 0 bridgehead atoms. The van der Waals surface area contributed by atoms with E-state index in [2.05, 4.69) is 9.71 Å². The summed E-state index contributed by atoms with van der Waals surface area (Å²) in [5, 5.41) is 0.0462. The number of anilines is 1. The molecule has 0 atom stereocenters. The average Bonchev–Trinajstić information content (AvgIpc) is 2.74. The number of primary amides is 1. The fourth-order valence-corrected chi connectivity index (χ4v) is 4.54. The Morgan fingerprint density at radius 1 is 0.969 bits per heavy atom. The van der Waals surface area contributed by atoms with Gasteiger partial charge in [-0.05, 0) is 24.3 Å². The van der Waals surface area contributed by atoms with Gasteiger partial charge in [-0.1, -0.05) is 23.2 Å². The number of pyridine rings is 1. The molecule has 0 saturated heterocycles.